The third kappa shape index (κ3) is 4.52. The molecule has 0 bridgehead atoms. The Morgan fingerprint density at radius 2 is 1.38 bits per heavy atom. The van der Waals surface area contributed by atoms with Crippen molar-refractivity contribution in [3.8, 4) is 22.6 Å². The van der Waals surface area contributed by atoms with E-state index >= 15 is 0 Å². The summed E-state index contributed by atoms with van der Waals surface area (Å²) in [5, 5.41) is 0. The van der Waals surface area contributed by atoms with E-state index in [2.05, 4.69) is 0 Å². The minimum absolute atomic E-state index is 0.607. The van der Waals surface area contributed by atoms with E-state index in [0.29, 0.717) is 22.9 Å². The van der Waals surface area contributed by atoms with E-state index in [1.807, 2.05) is 79.7 Å². The fourth-order valence-corrected chi connectivity index (χ4v) is 3.64. The zero-order valence-corrected chi connectivity index (χ0v) is 17.6. The first kappa shape index (κ1) is 20.7. The van der Waals surface area contributed by atoms with Crippen LogP contribution in [0.4, 0.5) is 17.1 Å². The van der Waals surface area contributed by atoms with Crippen molar-refractivity contribution in [1.82, 2.24) is 0 Å². The van der Waals surface area contributed by atoms with Crippen LogP contribution in [-0.4, -0.2) is 37.1 Å². The monoisotopic (exact) mass is 412 g/mol. The predicted octanol–water partition coefficient (Wildman–Crippen LogP) is 4.71. The minimum atomic E-state index is -2.22. The highest BCUT2D eigenvalue weighted by Gasteiger charge is 2.16. The van der Waals surface area contributed by atoms with Crippen LogP contribution < -0.4 is 18.7 Å². The normalized spacial score (nSPS) is 11.6. The molecule has 0 saturated heterocycles. The first-order valence-corrected chi connectivity index (χ1v) is 10.0. The van der Waals surface area contributed by atoms with E-state index in [9.17, 15) is 8.76 Å². The van der Waals surface area contributed by atoms with Gasteiger partial charge in [0.2, 0.25) is 0 Å². The standard InChI is InChI=1S/C22H24N2O4S/c1-23(2)18-9-11-19(12-10-18)24(29(25)26)20-7-5-6-16(14-20)17-8-13-21(27-3)22(15-17)28-4/h5-15H,1-4H3,(H,25,26). The van der Waals surface area contributed by atoms with Crippen LogP contribution >= 0.6 is 0 Å². The topological polar surface area (TPSA) is 62.2 Å². The van der Waals surface area contributed by atoms with Crippen molar-refractivity contribution in [2.75, 3.05) is 37.5 Å². The summed E-state index contributed by atoms with van der Waals surface area (Å²) in [4.78, 5) is 1.97. The van der Waals surface area contributed by atoms with Crippen LogP contribution in [0.1, 0.15) is 0 Å². The number of hydrogen-bond acceptors (Lipinski definition) is 4. The van der Waals surface area contributed by atoms with Gasteiger partial charge in [-0.3, -0.25) is 4.55 Å². The Hall–Kier alpha value is -3.03. The van der Waals surface area contributed by atoms with Crippen molar-refractivity contribution in [1.29, 1.82) is 0 Å². The van der Waals surface area contributed by atoms with E-state index in [1.165, 1.54) is 4.31 Å². The van der Waals surface area contributed by atoms with E-state index in [1.54, 1.807) is 20.3 Å². The highest BCUT2D eigenvalue weighted by molar-refractivity contribution is 7.81. The van der Waals surface area contributed by atoms with Gasteiger partial charge in [0, 0.05) is 19.8 Å². The van der Waals surface area contributed by atoms with Crippen LogP contribution in [0.2, 0.25) is 0 Å². The van der Waals surface area contributed by atoms with Gasteiger partial charge < -0.3 is 14.4 Å². The molecular weight excluding hydrogens is 388 g/mol. The summed E-state index contributed by atoms with van der Waals surface area (Å²) >= 11 is -2.22. The van der Waals surface area contributed by atoms with Gasteiger partial charge in [-0.05, 0) is 59.7 Å². The van der Waals surface area contributed by atoms with Gasteiger partial charge in [0.25, 0.3) is 11.3 Å². The van der Waals surface area contributed by atoms with Gasteiger partial charge in [0.15, 0.2) is 11.5 Å². The summed E-state index contributed by atoms with van der Waals surface area (Å²) in [6, 6.07) is 20.6. The fraction of sp³-hybridized carbons (Fsp3) is 0.182. The molecule has 0 aliphatic rings. The maximum atomic E-state index is 12.1. The van der Waals surface area contributed by atoms with E-state index in [0.717, 1.165) is 16.8 Å². The molecule has 3 rings (SSSR count). The van der Waals surface area contributed by atoms with Crippen LogP contribution in [0, 0.1) is 0 Å². The second-order valence-electron chi connectivity index (χ2n) is 6.56. The highest BCUT2D eigenvalue weighted by Crippen LogP contribution is 2.35. The molecule has 6 nitrogen and oxygen atoms in total. The zero-order valence-electron chi connectivity index (χ0n) is 16.8. The van der Waals surface area contributed by atoms with Crippen molar-refractivity contribution in [2.24, 2.45) is 0 Å². The third-order valence-electron chi connectivity index (χ3n) is 4.55. The third-order valence-corrected chi connectivity index (χ3v) is 5.29. The summed E-state index contributed by atoms with van der Waals surface area (Å²) in [7, 11) is 7.08. The van der Waals surface area contributed by atoms with Crippen LogP contribution in [0.3, 0.4) is 0 Å². The molecule has 0 radical (unpaired) electrons. The second-order valence-corrected chi connectivity index (χ2v) is 7.38. The Kier molecular flexibility index (Phi) is 6.41. The molecule has 0 aromatic heterocycles. The van der Waals surface area contributed by atoms with Gasteiger partial charge in [-0.25, -0.2) is 8.51 Å². The number of rotatable bonds is 7. The van der Waals surface area contributed by atoms with Gasteiger partial charge in [-0.15, -0.1) is 0 Å². The molecule has 1 atom stereocenters. The van der Waals surface area contributed by atoms with Gasteiger partial charge >= 0.3 is 0 Å². The summed E-state index contributed by atoms with van der Waals surface area (Å²) in [6.07, 6.45) is 0. The van der Waals surface area contributed by atoms with E-state index in [4.69, 9.17) is 9.47 Å². The quantitative estimate of drug-likeness (QED) is 0.570. The predicted molar refractivity (Wildman–Crippen MR) is 119 cm³/mol. The molecule has 3 aromatic rings. The Morgan fingerprint density at radius 3 is 1.97 bits per heavy atom. The number of nitrogens with zero attached hydrogens (tertiary/aromatic N) is 2. The molecule has 0 saturated carbocycles. The zero-order chi connectivity index (χ0) is 21.0. The van der Waals surface area contributed by atoms with E-state index < -0.39 is 11.3 Å². The summed E-state index contributed by atoms with van der Waals surface area (Å²) in [6.45, 7) is 0. The molecule has 0 fully saturated rings. The lowest BCUT2D eigenvalue weighted by Crippen LogP contribution is -2.19. The molecular formula is C22H24N2O4S. The molecule has 0 heterocycles. The lowest BCUT2D eigenvalue weighted by Gasteiger charge is -2.22. The molecule has 1 unspecified atom stereocenters. The second kappa shape index (κ2) is 8.98. The molecule has 0 spiro atoms. The summed E-state index contributed by atoms with van der Waals surface area (Å²) in [5.74, 6) is 1.27. The molecule has 3 aromatic carbocycles. The summed E-state index contributed by atoms with van der Waals surface area (Å²) in [5.41, 5.74) is 4.05. The summed E-state index contributed by atoms with van der Waals surface area (Å²) < 4.78 is 34.2. The Labute approximate surface area is 173 Å². The lowest BCUT2D eigenvalue weighted by molar-refractivity contribution is 0.355. The fourth-order valence-electron chi connectivity index (χ4n) is 3.04. The number of hydrogen-bond donors (Lipinski definition) is 1. The van der Waals surface area contributed by atoms with Crippen molar-refractivity contribution in [3.05, 3.63) is 66.7 Å². The first-order chi connectivity index (χ1) is 13.9. The van der Waals surface area contributed by atoms with Crippen LogP contribution in [0.5, 0.6) is 11.5 Å². The largest absolute Gasteiger partial charge is 0.493 e. The van der Waals surface area contributed by atoms with Gasteiger partial charge in [0.1, 0.15) is 0 Å². The Morgan fingerprint density at radius 1 is 0.759 bits per heavy atom. The van der Waals surface area contributed by atoms with Gasteiger partial charge in [-0.1, -0.05) is 18.2 Å². The highest BCUT2D eigenvalue weighted by atomic mass is 32.2. The SMILES string of the molecule is COc1ccc(-c2cccc(N(c3ccc(N(C)C)cc3)S(=O)O)c2)cc1OC. The molecule has 0 amide bonds. The van der Waals surface area contributed by atoms with E-state index in [-0.39, 0.29) is 0 Å². The van der Waals surface area contributed by atoms with Crippen LogP contribution in [-0.2, 0) is 11.3 Å². The van der Waals surface area contributed by atoms with Crippen molar-refractivity contribution in [3.63, 3.8) is 0 Å². The van der Waals surface area contributed by atoms with Crippen LogP contribution in [0.25, 0.3) is 11.1 Å². The molecule has 7 heteroatoms. The molecule has 0 aliphatic carbocycles. The average molecular weight is 413 g/mol. The average Bonchev–Trinajstić information content (AvgIpc) is 2.73. The smallest absolute Gasteiger partial charge is 0.266 e. The van der Waals surface area contributed by atoms with Gasteiger partial charge in [-0.2, -0.15) is 0 Å². The lowest BCUT2D eigenvalue weighted by atomic mass is 10.0. The van der Waals surface area contributed by atoms with Crippen molar-refractivity contribution in [2.45, 2.75) is 0 Å². The minimum Gasteiger partial charge on any atom is -0.493 e. The number of methoxy groups -OCH3 is 2. The number of anilines is 3. The molecule has 152 valence electrons. The molecule has 1 N–H and O–H groups in total. The maximum Gasteiger partial charge on any atom is 0.266 e. The van der Waals surface area contributed by atoms with Crippen LogP contribution in [0.15, 0.2) is 66.7 Å². The van der Waals surface area contributed by atoms with Gasteiger partial charge in [0.05, 0.1) is 25.6 Å². The first-order valence-electron chi connectivity index (χ1n) is 8.95. The maximum absolute atomic E-state index is 12.1. The molecule has 29 heavy (non-hydrogen) atoms. The van der Waals surface area contributed by atoms with Crippen molar-refractivity contribution >= 4 is 28.3 Å². The Bertz CT molecular complexity index is 1010. The molecule has 0 aliphatic heterocycles. The van der Waals surface area contributed by atoms with Crippen molar-refractivity contribution < 1.29 is 18.2 Å². The Balaban J connectivity index is 2.01. The number of benzene rings is 3. The number of ether oxygens (including phenoxy) is 2.